The van der Waals surface area contributed by atoms with Gasteiger partial charge in [-0.1, -0.05) is 105 Å². The van der Waals surface area contributed by atoms with Gasteiger partial charge in [0.25, 0.3) is 0 Å². The number of carbonyl (C=O) groups excluding carboxylic acids is 1. The molecule has 0 aliphatic rings. The van der Waals surface area contributed by atoms with Crippen LogP contribution in [0.2, 0.25) is 10.0 Å². The largest absolute Gasteiger partial charge is 0.490 e. The molecule has 3 aromatic rings. The Kier molecular flexibility index (Phi) is 10.0. The average Bonchev–Trinajstić information content (AvgIpc) is 2.80. The van der Waals surface area contributed by atoms with E-state index in [4.69, 9.17) is 27.9 Å². The van der Waals surface area contributed by atoms with E-state index in [1.807, 2.05) is 42.5 Å². The van der Waals surface area contributed by atoms with Gasteiger partial charge in [-0.15, -0.1) is 0 Å². The van der Waals surface area contributed by atoms with E-state index in [1.165, 1.54) is 31.9 Å². The van der Waals surface area contributed by atoms with Crippen LogP contribution in [0.4, 0.5) is 0 Å². The van der Waals surface area contributed by atoms with Crippen LogP contribution in [0, 0.1) is 0 Å². The normalized spacial score (nSPS) is 11.2. The Morgan fingerprint density at radius 3 is 2.45 bits per heavy atom. The number of halogens is 2. The Morgan fingerprint density at radius 2 is 1.67 bits per heavy atom. The number of hydrazone groups is 1. The van der Waals surface area contributed by atoms with E-state index in [0.717, 1.165) is 29.2 Å². The second kappa shape index (κ2) is 13.2. The highest BCUT2D eigenvalue weighted by atomic mass is 35.5. The summed E-state index contributed by atoms with van der Waals surface area (Å²) in [6, 6.07) is 17.4. The first kappa shape index (κ1) is 25.1. The fourth-order valence-corrected chi connectivity index (χ4v) is 4.30. The van der Waals surface area contributed by atoms with Gasteiger partial charge in [0.15, 0.2) is 5.75 Å². The molecule has 6 heteroatoms. The first-order valence-corrected chi connectivity index (χ1v) is 12.2. The van der Waals surface area contributed by atoms with Crippen LogP contribution in [0.5, 0.6) is 5.75 Å². The summed E-state index contributed by atoms with van der Waals surface area (Å²) < 4.78 is 5.80. The number of benzene rings is 3. The highest BCUT2D eigenvalue weighted by Gasteiger charge is 2.10. The number of fused-ring (bicyclic) bond motifs is 1. The molecule has 0 aliphatic heterocycles. The molecule has 0 heterocycles. The predicted octanol–water partition coefficient (Wildman–Crippen LogP) is 7.58. The van der Waals surface area contributed by atoms with Crippen LogP contribution < -0.4 is 10.2 Å². The molecule has 3 rings (SSSR count). The van der Waals surface area contributed by atoms with Crippen LogP contribution in [0.3, 0.4) is 0 Å². The predicted molar refractivity (Wildman–Crippen MR) is 139 cm³/mol. The summed E-state index contributed by atoms with van der Waals surface area (Å²) in [5, 5.41) is 7.08. The first-order valence-electron chi connectivity index (χ1n) is 11.5. The van der Waals surface area contributed by atoms with Crippen molar-refractivity contribution in [2.45, 2.75) is 51.9 Å². The minimum atomic E-state index is -0.196. The van der Waals surface area contributed by atoms with E-state index in [2.05, 4.69) is 17.5 Å². The van der Waals surface area contributed by atoms with Gasteiger partial charge in [0.05, 0.1) is 29.3 Å². The summed E-state index contributed by atoms with van der Waals surface area (Å²) in [7, 11) is 0. The summed E-state index contributed by atoms with van der Waals surface area (Å²) in [5.41, 5.74) is 4.21. The van der Waals surface area contributed by atoms with Gasteiger partial charge in [-0.2, -0.15) is 5.10 Å². The molecule has 0 spiro atoms. The summed E-state index contributed by atoms with van der Waals surface area (Å²) in [6.45, 7) is 2.80. The number of rotatable bonds is 12. The van der Waals surface area contributed by atoms with Gasteiger partial charge < -0.3 is 4.74 Å². The molecule has 4 nitrogen and oxygen atoms in total. The molecule has 0 unspecified atom stereocenters. The minimum Gasteiger partial charge on any atom is -0.490 e. The Bertz CT molecular complexity index is 1070. The molecule has 0 saturated carbocycles. The summed E-state index contributed by atoms with van der Waals surface area (Å²) in [5.74, 6) is 0.294. The molecule has 1 amide bonds. The van der Waals surface area contributed by atoms with Crippen molar-refractivity contribution < 1.29 is 9.53 Å². The van der Waals surface area contributed by atoms with Gasteiger partial charge in [-0.05, 0) is 40.5 Å². The van der Waals surface area contributed by atoms with Gasteiger partial charge in [-0.25, -0.2) is 5.43 Å². The lowest BCUT2D eigenvalue weighted by Gasteiger charge is -2.11. The van der Waals surface area contributed by atoms with Crippen LogP contribution in [0.25, 0.3) is 10.8 Å². The number of ether oxygens (including phenoxy) is 1. The molecule has 0 bridgehead atoms. The third kappa shape index (κ3) is 7.76. The zero-order valence-corrected chi connectivity index (χ0v) is 20.5. The standard InChI is InChI=1S/C27H30Cl2N2O2/c1-2-3-4-5-6-9-15-33-27-24(28)16-20(17-25(27)29)19-30-31-26(32)18-22-13-10-12-21-11-7-8-14-23(21)22/h7-8,10-14,16-17,19H,2-6,9,15,18H2,1H3,(H,31,32)/b30-19+. The molecule has 0 aromatic heterocycles. The van der Waals surface area contributed by atoms with Crippen molar-refractivity contribution >= 4 is 46.1 Å². The lowest BCUT2D eigenvalue weighted by molar-refractivity contribution is -0.120. The number of hydrogen-bond donors (Lipinski definition) is 1. The molecular weight excluding hydrogens is 455 g/mol. The molecule has 3 aromatic carbocycles. The van der Waals surface area contributed by atoms with E-state index in [9.17, 15) is 4.79 Å². The SMILES string of the molecule is CCCCCCCCOc1c(Cl)cc(/C=N/NC(=O)Cc2cccc3ccccc23)cc1Cl. The number of unbranched alkanes of at least 4 members (excludes halogenated alkanes) is 5. The van der Waals surface area contributed by atoms with Crippen molar-refractivity contribution in [3.05, 3.63) is 75.8 Å². The van der Waals surface area contributed by atoms with Crippen LogP contribution in [0.15, 0.2) is 59.7 Å². The maximum Gasteiger partial charge on any atom is 0.244 e. The molecular formula is C27H30Cl2N2O2. The van der Waals surface area contributed by atoms with Crippen molar-refractivity contribution in [1.29, 1.82) is 0 Å². The van der Waals surface area contributed by atoms with E-state index in [-0.39, 0.29) is 12.3 Å². The van der Waals surface area contributed by atoms with E-state index >= 15 is 0 Å². The third-order valence-electron chi connectivity index (χ3n) is 5.40. The Labute approximate surface area is 205 Å². The van der Waals surface area contributed by atoms with Crippen molar-refractivity contribution in [3.63, 3.8) is 0 Å². The Hall–Kier alpha value is -2.56. The molecule has 0 aliphatic carbocycles. The molecule has 174 valence electrons. The van der Waals surface area contributed by atoms with Gasteiger partial charge in [-0.3, -0.25) is 4.79 Å². The molecule has 0 radical (unpaired) electrons. The average molecular weight is 485 g/mol. The van der Waals surface area contributed by atoms with E-state index < -0.39 is 0 Å². The topological polar surface area (TPSA) is 50.7 Å². The molecule has 0 atom stereocenters. The van der Waals surface area contributed by atoms with Crippen LogP contribution in [0.1, 0.15) is 56.6 Å². The van der Waals surface area contributed by atoms with E-state index in [0.29, 0.717) is 28.0 Å². The molecule has 33 heavy (non-hydrogen) atoms. The maximum atomic E-state index is 12.4. The van der Waals surface area contributed by atoms with Crippen molar-refractivity contribution in [2.24, 2.45) is 5.10 Å². The van der Waals surface area contributed by atoms with Gasteiger partial charge in [0, 0.05) is 0 Å². The fourth-order valence-electron chi connectivity index (χ4n) is 3.69. The zero-order chi connectivity index (χ0) is 23.5. The number of carbonyl (C=O) groups is 1. The molecule has 0 fully saturated rings. The summed E-state index contributed by atoms with van der Waals surface area (Å²) in [4.78, 5) is 12.4. The Balaban J connectivity index is 1.51. The van der Waals surface area contributed by atoms with Crippen molar-refractivity contribution in [2.75, 3.05) is 6.61 Å². The van der Waals surface area contributed by atoms with Gasteiger partial charge in [0.2, 0.25) is 5.91 Å². The lowest BCUT2D eigenvalue weighted by Crippen LogP contribution is -2.19. The van der Waals surface area contributed by atoms with Crippen LogP contribution in [-0.4, -0.2) is 18.7 Å². The summed E-state index contributed by atoms with van der Waals surface area (Å²) in [6.07, 6.45) is 8.89. The lowest BCUT2D eigenvalue weighted by atomic mass is 10.0. The third-order valence-corrected chi connectivity index (χ3v) is 5.96. The monoisotopic (exact) mass is 484 g/mol. The fraction of sp³-hybridized carbons (Fsp3) is 0.333. The maximum absolute atomic E-state index is 12.4. The minimum absolute atomic E-state index is 0.196. The Morgan fingerprint density at radius 1 is 0.970 bits per heavy atom. The highest BCUT2D eigenvalue weighted by molar-refractivity contribution is 6.37. The van der Waals surface area contributed by atoms with Crippen LogP contribution >= 0.6 is 23.2 Å². The van der Waals surface area contributed by atoms with E-state index in [1.54, 1.807) is 12.1 Å². The molecule has 1 N–H and O–H groups in total. The number of nitrogens with one attached hydrogen (secondary N) is 1. The second-order valence-electron chi connectivity index (χ2n) is 8.04. The first-order chi connectivity index (χ1) is 16.1. The van der Waals surface area contributed by atoms with Crippen molar-refractivity contribution in [3.8, 4) is 5.75 Å². The van der Waals surface area contributed by atoms with Gasteiger partial charge >= 0.3 is 0 Å². The number of amides is 1. The summed E-state index contributed by atoms with van der Waals surface area (Å²) >= 11 is 12.7. The number of nitrogens with zero attached hydrogens (tertiary/aromatic N) is 1. The second-order valence-corrected chi connectivity index (χ2v) is 8.85. The highest BCUT2D eigenvalue weighted by Crippen LogP contribution is 2.34. The number of hydrogen-bond acceptors (Lipinski definition) is 3. The quantitative estimate of drug-likeness (QED) is 0.163. The van der Waals surface area contributed by atoms with Gasteiger partial charge in [0.1, 0.15) is 0 Å². The van der Waals surface area contributed by atoms with Crippen molar-refractivity contribution in [1.82, 2.24) is 5.43 Å². The smallest absolute Gasteiger partial charge is 0.244 e. The molecule has 0 saturated heterocycles. The van der Waals surface area contributed by atoms with Crippen LogP contribution in [-0.2, 0) is 11.2 Å². The zero-order valence-electron chi connectivity index (χ0n) is 18.9.